The van der Waals surface area contributed by atoms with Crippen molar-refractivity contribution in [1.82, 2.24) is 25.2 Å². The number of sulfonamides is 1. The molecule has 7 aliphatic rings. The molecule has 6 fully saturated rings. The highest BCUT2D eigenvalue weighted by Crippen LogP contribution is 2.58. The van der Waals surface area contributed by atoms with Gasteiger partial charge in [0, 0.05) is 23.6 Å². The fraction of sp³-hybridized carbons (Fsp3) is 0.725. The van der Waals surface area contributed by atoms with Gasteiger partial charge in [-0.05, 0) is 80.2 Å². The number of aliphatic imine (C=N–C) groups is 1. The zero-order valence-electron chi connectivity index (χ0n) is 33.4. The van der Waals surface area contributed by atoms with E-state index in [0.717, 1.165) is 38.5 Å². The standard InChI is InChI=1S/C40H53ClF2N6O9S/c1-39(2,3)31-35(52)49-19-22(17-29(49)33(50)46-40(18-27(40)32(42)43)36(53)47-59(55,56)23-10-11-23)57-37-44-28-16-21(41)9-12-25(28)34(51)48(37)13-7-5-4-6-8-24-26-14-20(26)15-30(24)58-38(54)45-31/h9,12,16,20,22-24,26-27,29-32,34,51H,4-8,10-11,13-15,17-19H2,1-3H3,(H,45,54)(H,46,50)(H,47,53)/t20?,22-,24-,26+,27+,29+,30-,31-,34?,40-/m1/s1. The normalized spacial score (nSPS) is 34.9. The molecule has 4 aliphatic carbocycles. The smallest absolute Gasteiger partial charge is 0.408 e. The summed E-state index contributed by atoms with van der Waals surface area (Å²) in [6.07, 6.45) is -0.179. The number of alkyl halides is 2. The highest BCUT2D eigenvalue weighted by Gasteiger charge is 2.67. The second-order valence-corrected chi connectivity index (χ2v) is 21.0. The maximum absolute atomic E-state index is 14.8. The summed E-state index contributed by atoms with van der Waals surface area (Å²) in [5.74, 6) is -3.40. The Morgan fingerprint density at radius 2 is 1.78 bits per heavy atom. The van der Waals surface area contributed by atoms with E-state index >= 15 is 0 Å². The summed E-state index contributed by atoms with van der Waals surface area (Å²) in [6.45, 7) is 5.37. The second kappa shape index (κ2) is 15.6. The third-order valence-corrected chi connectivity index (χ3v) is 15.3. The van der Waals surface area contributed by atoms with Crippen LogP contribution >= 0.6 is 11.6 Å². The number of hydrogen-bond acceptors (Lipinski definition) is 11. The highest BCUT2D eigenvalue weighted by molar-refractivity contribution is 7.91. The summed E-state index contributed by atoms with van der Waals surface area (Å²) < 4.78 is 68.3. The lowest BCUT2D eigenvalue weighted by atomic mass is 9.85. The number of amidine groups is 1. The van der Waals surface area contributed by atoms with E-state index in [2.05, 4.69) is 10.6 Å². The van der Waals surface area contributed by atoms with Gasteiger partial charge in [0.25, 0.3) is 11.9 Å². The van der Waals surface area contributed by atoms with Crippen molar-refractivity contribution in [3.63, 3.8) is 0 Å². The number of aliphatic hydroxyl groups is 1. The van der Waals surface area contributed by atoms with Crippen LogP contribution in [0.2, 0.25) is 5.02 Å². The third-order valence-electron chi connectivity index (χ3n) is 13.3. The number of ether oxygens (including phenoxy) is 2. The van der Waals surface area contributed by atoms with Crippen molar-refractivity contribution >= 4 is 57.1 Å². The highest BCUT2D eigenvalue weighted by atomic mass is 35.5. The number of nitrogens with zero attached hydrogens (tertiary/aromatic N) is 3. The minimum absolute atomic E-state index is 0.0346. The molecule has 324 valence electrons. The molecule has 1 aromatic rings. The van der Waals surface area contributed by atoms with Crippen LogP contribution in [0.5, 0.6) is 0 Å². The van der Waals surface area contributed by atoms with Crippen molar-refractivity contribution in [1.29, 1.82) is 0 Å². The SMILES string of the molecule is CC(C)(C)[C@@H]1NC(=O)O[C@@H]2CC3C[C@@H]3[C@H]2CCCCCCN2C(=Nc3cc(Cl)ccc3C2O)O[C@@H]2C[C@@H](C(=O)N[C@]3(C(=O)NS(=O)(=O)C4CC4)C[C@H]3C(F)F)N(C2)C1=O. The van der Waals surface area contributed by atoms with Crippen molar-refractivity contribution in [2.24, 2.45) is 34.1 Å². The van der Waals surface area contributed by atoms with E-state index in [-0.39, 0.29) is 31.0 Å². The van der Waals surface area contributed by atoms with E-state index in [1.165, 1.54) is 4.90 Å². The number of amides is 4. The fourth-order valence-electron chi connectivity index (χ4n) is 9.62. The Morgan fingerprint density at radius 1 is 1.03 bits per heavy atom. The molecular formula is C40H53ClF2N6O9S. The van der Waals surface area contributed by atoms with Crippen LogP contribution in [0.1, 0.15) is 103 Å². The summed E-state index contributed by atoms with van der Waals surface area (Å²) >= 11 is 6.30. The molecule has 59 heavy (non-hydrogen) atoms. The number of nitrogens with one attached hydrogen (secondary N) is 3. The average Bonchev–Trinajstić information content (AvgIpc) is 4.09. The lowest BCUT2D eigenvalue weighted by Crippen LogP contribution is -2.60. The second-order valence-electron chi connectivity index (χ2n) is 18.6. The summed E-state index contributed by atoms with van der Waals surface area (Å²) in [5.41, 5.74) is -2.27. The van der Waals surface area contributed by atoms with E-state index in [4.69, 9.17) is 26.1 Å². The zero-order chi connectivity index (χ0) is 42.2. The van der Waals surface area contributed by atoms with Crippen LogP contribution in [0.4, 0.5) is 19.3 Å². The predicted molar refractivity (Wildman–Crippen MR) is 210 cm³/mol. The van der Waals surface area contributed by atoms with Gasteiger partial charge in [-0.15, -0.1) is 0 Å². The maximum Gasteiger partial charge on any atom is 0.408 e. The van der Waals surface area contributed by atoms with E-state index in [0.29, 0.717) is 53.9 Å². The first-order chi connectivity index (χ1) is 27.9. The van der Waals surface area contributed by atoms with Crippen molar-refractivity contribution in [2.75, 3.05) is 13.1 Å². The monoisotopic (exact) mass is 866 g/mol. The molecular weight excluding hydrogens is 814 g/mol. The first-order valence-corrected chi connectivity index (χ1v) is 22.7. The number of alkyl carbamates (subject to hydrolysis) is 1. The van der Waals surface area contributed by atoms with Crippen LogP contribution in [0.3, 0.4) is 0 Å². The van der Waals surface area contributed by atoms with Crippen LogP contribution in [0, 0.1) is 29.1 Å². The molecule has 4 amide bonds. The van der Waals surface area contributed by atoms with Gasteiger partial charge in [0.2, 0.25) is 28.3 Å². The molecule has 15 nitrogen and oxygen atoms in total. The van der Waals surface area contributed by atoms with Crippen LogP contribution in [-0.2, 0) is 33.9 Å². The number of aliphatic hydroxyl groups excluding tert-OH is 1. The van der Waals surface area contributed by atoms with Gasteiger partial charge in [0.1, 0.15) is 29.8 Å². The molecule has 2 bridgehead atoms. The molecule has 1 aromatic carbocycles. The Balaban J connectivity index is 1.12. The molecule has 2 saturated heterocycles. The molecule has 0 aromatic heterocycles. The van der Waals surface area contributed by atoms with Gasteiger partial charge in [0.05, 0.1) is 23.4 Å². The quantitative estimate of drug-likeness (QED) is 0.316. The number of rotatable bonds is 6. The van der Waals surface area contributed by atoms with Crippen molar-refractivity contribution in [3.05, 3.63) is 28.8 Å². The molecule has 4 N–H and O–H groups in total. The van der Waals surface area contributed by atoms with E-state index in [1.807, 2.05) is 4.72 Å². The van der Waals surface area contributed by atoms with Gasteiger partial charge >= 0.3 is 6.09 Å². The Hall–Kier alpha value is -3.77. The summed E-state index contributed by atoms with van der Waals surface area (Å²) in [6, 6.07) is 2.32. The van der Waals surface area contributed by atoms with Crippen LogP contribution in [-0.4, -0.2) is 108 Å². The molecule has 19 heteroatoms. The molecule has 3 aliphatic heterocycles. The number of fused-ring (bicyclic) bond motifs is 7. The number of carbonyl (C=O) groups excluding carboxylic acids is 4. The van der Waals surface area contributed by atoms with Gasteiger partial charge in [-0.3, -0.25) is 24.0 Å². The first-order valence-electron chi connectivity index (χ1n) is 20.8. The molecule has 10 atom stereocenters. The van der Waals surface area contributed by atoms with E-state index < -0.39 is 93.2 Å². The fourth-order valence-corrected chi connectivity index (χ4v) is 11.1. The average molecular weight is 867 g/mol. The van der Waals surface area contributed by atoms with Crippen molar-refractivity contribution < 1.29 is 51.0 Å². The number of carbonyl (C=O) groups is 4. The van der Waals surface area contributed by atoms with Gasteiger partial charge in [-0.25, -0.2) is 22.0 Å². The third kappa shape index (κ3) is 8.46. The molecule has 0 radical (unpaired) electrons. The van der Waals surface area contributed by atoms with Gasteiger partial charge in [-0.1, -0.05) is 57.7 Å². The Labute approximate surface area is 347 Å². The minimum Gasteiger partial charge on any atom is -0.460 e. The van der Waals surface area contributed by atoms with Crippen molar-refractivity contribution in [3.8, 4) is 0 Å². The topological polar surface area (TPSA) is 196 Å². The molecule has 3 heterocycles. The van der Waals surface area contributed by atoms with E-state index in [9.17, 15) is 41.5 Å². The summed E-state index contributed by atoms with van der Waals surface area (Å²) in [7, 11) is -4.15. The van der Waals surface area contributed by atoms with Crippen LogP contribution in [0.25, 0.3) is 0 Å². The number of benzene rings is 1. The molecule has 0 spiro atoms. The molecule has 2 unspecified atom stereocenters. The zero-order valence-corrected chi connectivity index (χ0v) is 34.9. The summed E-state index contributed by atoms with van der Waals surface area (Å²) in [5, 5.41) is 16.4. The van der Waals surface area contributed by atoms with Gasteiger partial charge in [-0.2, -0.15) is 4.99 Å². The molecule has 4 saturated carbocycles. The molecule has 8 rings (SSSR count). The largest absolute Gasteiger partial charge is 0.460 e. The lowest BCUT2D eigenvalue weighted by molar-refractivity contribution is -0.143. The van der Waals surface area contributed by atoms with Crippen molar-refractivity contribution in [2.45, 2.75) is 139 Å². The Bertz CT molecular complexity index is 2020. The van der Waals surface area contributed by atoms with Crippen LogP contribution in [0.15, 0.2) is 23.2 Å². The van der Waals surface area contributed by atoms with Crippen LogP contribution < -0.4 is 15.4 Å². The Kier molecular flexibility index (Phi) is 11.1. The van der Waals surface area contributed by atoms with Gasteiger partial charge < -0.3 is 30.1 Å². The maximum atomic E-state index is 14.8. The Morgan fingerprint density at radius 3 is 2.47 bits per heavy atom. The van der Waals surface area contributed by atoms with E-state index in [1.54, 1.807) is 43.9 Å². The summed E-state index contributed by atoms with van der Waals surface area (Å²) in [4.78, 5) is 63.8. The minimum atomic E-state index is -4.15. The first kappa shape index (κ1) is 41.9. The lowest BCUT2D eigenvalue weighted by Gasteiger charge is -2.36. The number of halogens is 3. The van der Waals surface area contributed by atoms with Gasteiger partial charge in [0.15, 0.2) is 6.23 Å². The number of hydrogen-bond donors (Lipinski definition) is 4. The predicted octanol–water partition coefficient (Wildman–Crippen LogP) is 4.50.